The molecule has 0 radical (unpaired) electrons. The molecule has 0 bridgehead atoms. The molecule has 1 N–H and O–H groups in total. The number of fused-ring (bicyclic) bond motifs is 2. The third kappa shape index (κ3) is 3.30. The number of imidazole rings is 1. The fraction of sp³-hybridized carbons (Fsp3) is 0.0952. The highest BCUT2D eigenvalue weighted by Crippen LogP contribution is 2.35. The van der Waals surface area contributed by atoms with Crippen LogP contribution in [0.5, 0.6) is 0 Å². The Kier molecular flexibility index (Phi) is 4.57. The summed E-state index contributed by atoms with van der Waals surface area (Å²) >= 11 is 3.00. The molecule has 0 saturated carbocycles. The van der Waals surface area contributed by atoms with Crippen LogP contribution < -0.4 is 10.2 Å². The van der Waals surface area contributed by atoms with Gasteiger partial charge in [-0.25, -0.2) is 4.98 Å². The van der Waals surface area contributed by atoms with Crippen molar-refractivity contribution in [3.8, 4) is 11.3 Å². The Hall–Kier alpha value is -3.10. The van der Waals surface area contributed by atoms with Crippen LogP contribution in [0.2, 0.25) is 0 Å². The summed E-state index contributed by atoms with van der Waals surface area (Å²) in [5.41, 5.74) is 2.42. The number of thiazole rings is 1. The predicted octanol–water partition coefficient (Wildman–Crippen LogP) is 4.14. The highest BCUT2D eigenvalue weighted by molar-refractivity contribution is 8.00. The van der Waals surface area contributed by atoms with E-state index in [-0.39, 0.29) is 18.4 Å². The third-order valence-electron chi connectivity index (χ3n) is 4.68. The number of para-hydroxylation sites is 1. The number of amides is 2. The Morgan fingerprint density at radius 1 is 1.10 bits per heavy atom. The predicted molar refractivity (Wildman–Crippen MR) is 117 cm³/mol. The average Bonchev–Trinajstić information content (AvgIpc) is 3.33. The Bertz CT molecular complexity index is 1220. The van der Waals surface area contributed by atoms with Gasteiger partial charge >= 0.3 is 0 Å². The lowest BCUT2D eigenvalue weighted by Gasteiger charge is -2.28. The van der Waals surface area contributed by atoms with Crippen molar-refractivity contribution in [3.05, 3.63) is 66.2 Å². The standard InChI is InChI=1S/C21H16N4O2S2/c26-17(12-25-15-8-4-5-9-16(15)29-13-18(25)27)22-20-19(14-6-2-1-3-7-14)23-21-24(20)10-11-28-21/h1-11H,12-13H2,(H,22,26). The van der Waals surface area contributed by atoms with Crippen LogP contribution in [-0.4, -0.2) is 33.5 Å². The number of aromatic nitrogens is 2. The maximum atomic E-state index is 12.9. The number of thioether (sulfide) groups is 1. The Labute approximate surface area is 175 Å². The summed E-state index contributed by atoms with van der Waals surface area (Å²) in [6, 6.07) is 17.4. The minimum absolute atomic E-state index is 0.0397. The van der Waals surface area contributed by atoms with Gasteiger partial charge < -0.3 is 10.2 Å². The van der Waals surface area contributed by atoms with Gasteiger partial charge in [-0.2, -0.15) is 0 Å². The minimum Gasteiger partial charge on any atom is -0.308 e. The molecule has 0 saturated heterocycles. The summed E-state index contributed by atoms with van der Waals surface area (Å²) in [6.45, 7) is -0.0397. The summed E-state index contributed by atoms with van der Waals surface area (Å²) in [4.78, 5) is 33.4. The van der Waals surface area contributed by atoms with Crippen molar-refractivity contribution in [3.63, 3.8) is 0 Å². The number of benzene rings is 2. The summed E-state index contributed by atoms with van der Waals surface area (Å²) in [5, 5.41) is 4.91. The zero-order valence-corrected chi connectivity index (χ0v) is 16.9. The van der Waals surface area contributed by atoms with Gasteiger partial charge in [-0.05, 0) is 12.1 Å². The van der Waals surface area contributed by atoms with Gasteiger partial charge in [0, 0.05) is 22.0 Å². The topological polar surface area (TPSA) is 66.7 Å². The van der Waals surface area contributed by atoms with E-state index < -0.39 is 0 Å². The van der Waals surface area contributed by atoms with Crippen LogP contribution in [0, 0.1) is 0 Å². The average molecular weight is 421 g/mol. The normalized spacial score (nSPS) is 13.5. The maximum Gasteiger partial charge on any atom is 0.245 e. The van der Waals surface area contributed by atoms with E-state index in [4.69, 9.17) is 0 Å². The van der Waals surface area contributed by atoms with Crippen molar-refractivity contribution < 1.29 is 9.59 Å². The molecule has 29 heavy (non-hydrogen) atoms. The quantitative estimate of drug-likeness (QED) is 0.539. The smallest absolute Gasteiger partial charge is 0.245 e. The van der Waals surface area contributed by atoms with Gasteiger partial charge in [-0.3, -0.25) is 14.0 Å². The number of nitrogens with zero attached hydrogens (tertiary/aromatic N) is 3. The highest BCUT2D eigenvalue weighted by Gasteiger charge is 2.27. The van der Waals surface area contributed by atoms with Gasteiger partial charge in [0.2, 0.25) is 11.8 Å². The van der Waals surface area contributed by atoms with Gasteiger partial charge in [-0.15, -0.1) is 23.1 Å². The molecule has 2 aromatic carbocycles. The molecule has 4 aromatic rings. The van der Waals surface area contributed by atoms with E-state index in [9.17, 15) is 9.59 Å². The molecule has 0 fully saturated rings. The molecule has 6 nitrogen and oxygen atoms in total. The molecule has 144 valence electrons. The Morgan fingerprint density at radius 3 is 2.76 bits per heavy atom. The van der Waals surface area contributed by atoms with E-state index in [0.717, 1.165) is 21.1 Å². The number of carbonyl (C=O) groups is 2. The molecule has 2 aromatic heterocycles. The molecule has 1 aliphatic rings. The monoisotopic (exact) mass is 420 g/mol. The summed E-state index contributed by atoms with van der Waals surface area (Å²) in [7, 11) is 0. The van der Waals surface area contributed by atoms with Crippen LogP contribution in [0.4, 0.5) is 11.5 Å². The lowest BCUT2D eigenvalue weighted by Crippen LogP contribution is -2.41. The Balaban J connectivity index is 1.45. The van der Waals surface area contributed by atoms with Crippen molar-refractivity contribution in [2.24, 2.45) is 0 Å². The van der Waals surface area contributed by atoms with E-state index in [0.29, 0.717) is 17.3 Å². The van der Waals surface area contributed by atoms with Gasteiger partial charge in [0.25, 0.3) is 0 Å². The first kappa shape index (κ1) is 18.0. The molecule has 0 unspecified atom stereocenters. The van der Waals surface area contributed by atoms with Gasteiger partial charge in [0.1, 0.15) is 18.1 Å². The SMILES string of the molecule is O=C(CN1C(=O)CSc2ccccc21)Nc1c(-c2ccccc2)nc2sccn12. The molecule has 0 spiro atoms. The van der Waals surface area contributed by atoms with Crippen LogP contribution in [0.1, 0.15) is 0 Å². The first-order valence-electron chi connectivity index (χ1n) is 9.04. The van der Waals surface area contributed by atoms with Gasteiger partial charge in [0.05, 0.1) is 11.4 Å². The second kappa shape index (κ2) is 7.38. The van der Waals surface area contributed by atoms with E-state index in [1.165, 1.54) is 23.1 Å². The van der Waals surface area contributed by atoms with Crippen molar-refractivity contribution in [1.29, 1.82) is 0 Å². The van der Waals surface area contributed by atoms with E-state index >= 15 is 0 Å². The number of hydrogen-bond donors (Lipinski definition) is 1. The molecule has 5 rings (SSSR count). The fourth-order valence-electron chi connectivity index (χ4n) is 3.34. The number of anilines is 2. The molecule has 2 amide bonds. The third-order valence-corrected chi connectivity index (χ3v) is 6.48. The number of carbonyl (C=O) groups excluding carboxylic acids is 2. The second-order valence-electron chi connectivity index (χ2n) is 6.52. The molecule has 8 heteroatoms. The molecule has 3 heterocycles. The largest absolute Gasteiger partial charge is 0.308 e. The van der Waals surface area contributed by atoms with Crippen molar-refractivity contribution in [2.45, 2.75) is 4.90 Å². The summed E-state index contributed by atoms with van der Waals surface area (Å²) in [6.07, 6.45) is 1.88. The van der Waals surface area contributed by atoms with E-state index in [1.807, 2.05) is 70.6 Å². The number of nitrogens with one attached hydrogen (secondary N) is 1. The maximum absolute atomic E-state index is 12.9. The molecular formula is C21H16N4O2S2. The number of hydrogen-bond acceptors (Lipinski definition) is 5. The highest BCUT2D eigenvalue weighted by atomic mass is 32.2. The molecule has 0 atom stereocenters. The van der Waals surface area contributed by atoms with Crippen LogP contribution in [-0.2, 0) is 9.59 Å². The first-order valence-corrected chi connectivity index (χ1v) is 10.9. The molecule has 0 aliphatic carbocycles. The van der Waals surface area contributed by atoms with Crippen LogP contribution in [0.25, 0.3) is 16.2 Å². The Morgan fingerprint density at radius 2 is 1.90 bits per heavy atom. The minimum atomic E-state index is -0.259. The first-order chi connectivity index (χ1) is 14.2. The lowest BCUT2D eigenvalue weighted by atomic mass is 10.1. The number of rotatable bonds is 4. The molecule has 1 aliphatic heterocycles. The van der Waals surface area contributed by atoms with Crippen LogP contribution >= 0.6 is 23.1 Å². The zero-order valence-electron chi connectivity index (χ0n) is 15.2. The van der Waals surface area contributed by atoms with E-state index in [2.05, 4.69) is 10.3 Å². The van der Waals surface area contributed by atoms with Gasteiger partial charge in [-0.1, -0.05) is 42.5 Å². The fourth-order valence-corrected chi connectivity index (χ4v) is 4.99. The van der Waals surface area contributed by atoms with Crippen molar-refractivity contribution >= 4 is 51.4 Å². The van der Waals surface area contributed by atoms with Crippen molar-refractivity contribution in [2.75, 3.05) is 22.5 Å². The van der Waals surface area contributed by atoms with E-state index in [1.54, 1.807) is 4.90 Å². The van der Waals surface area contributed by atoms with Crippen molar-refractivity contribution in [1.82, 2.24) is 9.38 Å². The summed E-state index contributed by atoms with van der Waals surface area (Å²) in [5.74, 6) is 0.622. The summed E-state index contributed by atoms with van der Waals surface area (Å²) < 4.78 is 1.87. The van der Waals surface area contributed by atoms with Crippen LogP contribution in [0.15, 0.2) is 71.1 Å². The van der Waals surface area contributed by atoms with Crippen LogP contribution in [0.3, 0.4) is 0 Å². The molecular weight excluding hydrogens is 404 g/mol. The van der Waals surface area contributed by atoms with Gasteiger partial charge in [0.15, 0.2) is 4.96 Å². The lowest BCUT2D eigenvalue weighted by molar-refractivity contribution is -0.120. The second-order valence-corrected chi connectivity index (χ2v) is 8.41. The zero-order chi connectivity index (χ0) is 19.8.